The number of aliphatic hydroxyl groups is 1. The second kappa shape index (κ2) is 10.6. The maximum atomic E-state index is 13.8. The summed E-state index contributed by atoms with van der Waals surface area (Å²) < 4.78 is 19.5. The van der Waals surface area contributed by atoms with Crippen LogP contribution in [-0.4, -0.2) is 72.0 Å². The molecule has 7 unspecified atom stereocenters. The molecule has 194 valence electrons. The number of alkyl halides is 2. The number of halogens is 2. The molecule has 34 heavy (non-hydrogen) atoms. The molecule has 0 spiro atoms. The Morgan fingerprint density at radius 2 is 1.91 bits per heavy atom. The van der Waals surface area contributed by atoms with E-state index in [4.69, 9.17) is 16.3 Å². The third-order valence-electron chi connectivity index (χ3n) is 9.06. The monoisotopic (exact) mass is 501 g/mol. The zero-order chi connectivity index (χ0) is 24.5. The third-order valence-corrected chi connectivity index (χ3v) is 9.55. The lowest BCUT2D eigenvalue weighted by molar-refractivity contribution is -0.157. The van der Waals surface area contributed by atoms with Gasteiger partial charge < -0.3 is 25.8 Å². The first-order chi connectivity index (χ1) is 16.1. The van der Waals surface area contributed by atoms with Gasteiger partial charge in [-0.25, -0.2) is 4.39 Å². The Kier molecular flexibility index (Phi) is 8.12. The Labute approximate surface area is 207 Å². The van der Waals surface area contributed by atoms with Crippen LogP contribution in [0.5, 0.6) is 0 Å². The van der Waals surface area contributed by atoms with Crippen molar-refractivity contribution in [2.45, 2.75) is 107 Å². The molecule has 0 aromatic heterocycles. The molecule has 5 aliphatic rings. The number of carbonyl (C=O) groups excluding carboxylic acids is 2. The number of hydrogen-bond donors (Lipinski definition) is 4. The lowest BCUT2D eigenvalue weighted by Crippen LogP contribution is -2.66. The largest absolute Gasteiger partial charge is 0.392 e. The van der Waals surface area contributed by atoms with Crippen molar-refractivity contribution in [2.75, 3.05) is 19.7 Å². The summed E-state index contributed by atoms with van der Waals surface area (Å²) in [7, 11) is 0. The molecule has 1 saturated heterocycles. The van der Waals surface area contributed by atoms with E-state index in [0.29, 0.717) is 69.4 Å². The van der Waals surface area contributed by atoms with Gasteiger partial charge in [-0.2, -0.15) is 0 Å². The lowest BCUT2D eigenvalue weighted by Gasteiger charge is -2.55. The van der Waals surface area contributed by atoms with Gasteiger partial charge in [-0.05, 0) is 70.1 Å². The molecule has 1 aliphatic heterocycles. The van der Waals surface area contributed by atoms with Gasteiger partial charge in [-0.3, -0.25) is 9.59 Å². The molecule has 1 heterocycles. The van der Waals surface area contributed by atoms with E-state index in [-0.39, 0.29) is 30.9 Å². The third kappa shape index (κ3) is 5.55. The van der Waals surface area contributed by atoms with Crippen molar-refractivity contribution >= 4 is 23.4 Å². The van der Waals surface area contributed by atoms with Gasteiger partial charge in [0, 0.05) is 31.1 Å². The summed E-state index contributed by atoms with van der Waals surface area (Å²) in [5.74, 6) is 0.640. The highest BCUT2D eigenvalue weighted by Crippen LogP contribution is 2.52. The molecule has 5 rings (SSSR count). The SMILES string of the molecule is CC1CC(C)C(CNC(=O)C23CCC(NC(=O)COC4CCC(Cl)C(F)C4)(CC2)CC3O)CN1. The lowest BCUT2D eigenvalue weighted by atomic mass is 9.55. The zero-order valence-electron chi connectivity index (χ0n) is 20.5. The van der Waals surface area contributed by atoms with Gasteiger partial charge in [0.2, 0.25) is 11.8 Å². The number of rotatable bonds is 7. The fraction of sp³-hybridized carbons (Fsp3) is 0.920. The second-order valence-corrected chi connectivity index (χ2v) is 12.0. The van der Waals surface area contributed by atoms with E-state index in [1.807, 2.05) is 0 Å². The van der Waals surface area contributed by atoms with Crippen LogP contribution in [-0.2, 0) is 14.3 Å². The Hall–Kier alpha value is -0.960. The van der Waals surface area contributed by atoms with Crippen LogP contribution >= 0.6 is 11.6 Å². The molecule has 7 atom stereocenters. The van der Waals surface area contributed by atoms with Crippen molar-refractivity contribution in [1.29, 1.82) is 0 Å². The predicted octanol–water partition coefficient (Wildman–Crippen LogP) is 2.43. The van der Waals surface area contributed by atoms with Crippen LogP contribution in [0, 0.1) is 17.3 Å². The van der Waals surface area contributed by atoms with Crippen molar-refractivity contribution in [3.63, 3.8) is 0 Å². The van der Waals surface area contributed by atoms with Gasteiger partial charge in [-0.15, -0.1) is 11.6 Å². The smallest absolute Gasteiger partial charge is 0.246 e. The van der Waals surface area contributed by atoms with Crippen LogP contribution in [0.4, 0.5) is 4.39 Å². The standard InChI is InChI=1S/C25H41ClFN3O4/c1-15-9-16(2)28-12-17(15)13-29-23(33)25-7-5-24(6-8-25,11-21(25)31)30-22(32)14-34-18-3-4-19(26)20(27)10-18/h15-21,28,31H,3-14H2,1-2H3,(H,29,33)(H,30,32). The van der Waals surface area contributed by atoms with Gasteiger partial charge in [0.05, 0.1) is 23.0 Å². The fourth-order valence-corrected chi connectivity index (χ4v) is 6.84. The maximum absolute atomic E-state index is 13.8. The number of hydrogen-bond acceptors (Lipinski definition) is 5. The Morgan fingerprint density at radius 3 is 2.56 bits per heavy atom. The van der Waals surface area contributed by atoms with Gasteiger partial charge in [-0.1, -0.05) is 6.92 Å². The normalized spacial score (nSPS) is 44.4. The number of piperidine rings is 1. The van der Waals surface area contributed by atoms with Crippen LogP contribution in [0.15, 0.2) is 0 Å². The van der Waals surface area contributed by atoms with E-state index in [0.717, 1.165) is 13.0 Å². The summed E-state index contributed by atoms with van der Waals surface area (Å²) in [5, 5.41) is 20.2. The minimum Gasteiger partial charge on any atom is -0.392 e. The number of fused-ring (bicyclic) bond motifs is 3. The molecule has 0 aromatic rings. The molecule has 2 bridgehead atoms. The van der Waals surface area contributed by atoms with Crippen LogP contribution in [0.25, 0.3) is 0 Å². The molecule has 7 nitrogen and oxygen atoms in total. The van der Waals surface area contributed by atoms with Crippen LogP contribution in [0.2, 0.25) is 0 Å². The molecular formula is C25H41ClFN3O4. The number of amides is 2. The number of ether oxygens (including phenoxy) is 1. The second-order valence-electron chi connectivity index (χ2n) is 11.5. The summed E-state index contributed by atoms with van der Waals surface area (Å²) in [4.78, 5) is 25.8. The van der Waals surface area contributed by atoms with E-state index < -0.39 is 28.6 Å². The fourth-order valence-electron chi connectivity index (χ4n) is 6.61. The molecule has 0 radical (unpaired) electrons. The number of aliphatic hydroxyl groups excluding tert-OH is 1. The molecule has 2 amide bonds. The topological polar surface area (TPSA) is 99.7 Å². The van der Waals surface area contributed by atoms with Gasteiger partial charge in [0.1, 0.15) is 12.8 Å². The Balaban J connectivity index is 1.25. The van der Waals surface area contributed by atoms with Crippen molar-refractivity contribution < 1.29 is 23.8 Å². The quantitative estimate of drug-likeness (QED) is 0.401. The Bertz CT molecular complexity index is 748. The zero-order valence-corrected chi connectivity index (χ0v) is 21.2. The number of nitrogens with one attached hydrogen (secondary N) is 3. The average molecular weight is 502 g/mol. The highest BCUT2D eigenvalue weighted by atomic mass is 35.5. The van der Waals surface area contributed by atoms with E-state index in [1.54, 1.807) is 0 Å². The summed E-state index contributed by atoms with van der Waals surface area (Å²) in [6.45, 7) is 5.82. The number of carbonyl (C=O) groups is 2. The van der Waals surface area contributed by atoms with E-state index in [1.165, 1.54) is 0 Å². The molecule has 0 aromatic carbocycles. The van der Waals surface area contributed by atoms with E-state index in [9.17, 15) is 19.1 Å². The molecular weight excluding hydrogens is 461 g/mol. The Morgan fingerprint density at radius 1 is 1.18 bits per heavy atom. The van der Waals surface area contributed by atoms with Gasteiger partial charge >= 0.3 is 0 Å². The first kappa shape index (κ1) is 26.1. The van der Waals surface area contributed by atoms with Crippen LogP contribution < -0.4 is 16.0 Å². The molecule has 4 N–H and O–H groups in total. The molecule has 4 aliphatic carbocycles. The van der Waals surface area contributed by atoms with E-state index >= 15 is 0 Å². The van der Waals surface area contributed by atoms with Crippen LogP contribution in [0.1, 0.15) is 71.6 Å². The first-order valence-electron chi connectivity index (χ1n) is 13.0. The highest BCUT2D eigenvalue weighted by molar-refractivity contribution is 6.21. The summed E-state index contributed by atoms with van der Waals surface area (Å²) in [6, 6.07) is 0.508. The molecule has 9 heteroatoms. The maximum Gasteiger partial charge on any atom is 0.246 e. The molecule has 4 saturated carbocycles. The summed E-state index contributed by atoms with van der Waals surface area (Å²) in [6.07, 6.45) is 3.13. The van der Waals surface area contributed by atoms with Crippen molar-refractivity contribution in [3.05, 3.63) is 0 Å². The molecule has 5 fully saturated rings. The summed E-state index contributed by atoms with van der Waals surface area (Å²) >= 11 is 5.92. The van der Waals surface area contributed by atoms with Gasteiger partial charge in [0.25, 0.3) is 0 Å². The summed E-state index contributed by atoms with van der Waals surface area (Å²) in [5.41, 5.74) is -1.27. The van der Waals surface area contributed by atoms with Crippen LogP contribution in [0.3, 0.4) is 0 Å². The van der Waals surface area contributed by atoms with Gasteiger partial charge in [0.15, 0.2) is 0 Å². The van der Waals surface area contributed by atoms with E-state index in [2.05, 4.69) is 29.8 Å². The highest BCUT2D eigenvalue weighted by Gasteiger charge is 2.58. The predicted molar refractivity (Wildman–Crippen MR) is 128 cm³/mol. The van der Waals surface area contributed by atoms with Crippen molar-refractivity contribution in [3.8, 4) is 0 Å². The van der Waals surface area contributed by atoms with Crippen molar-refractivity contribution in [1.82, 2.24) is 16.0 Å². The van der Waals surface area contributed by atoms with Crippen molar-refractivity contribution in [2.24, 2.45) is 17.3 Å². The first-order valence-corrected chi connectivity index (χ1v) is 13.5. The minimum atomic E-state index is -1.10. The average Bonchev–Trinajstić information content (AvgIpc) is 2.79. The minimum absolute atomic E-state index is 0.0514.